The molecule has 0 saturated carbocycles. The molecule has 1 aliphatic rings. The summed E-state index contributed by atoms with van der Waals surface area (Å²) < 4.78 is 0. The minimum atomic E-state index is -1.39. The highest BCUT2D eigenvalue weighted by Crippen LogP contribution is 2.36. The Balaban J connectivity index is 2.01. The average molecular weight is 378 g/mol. The first kappa shape index (κ1) is 19.8. The molecule has 0 bridgehead atoms. The normalized spacial score (nSPS) is 16.7. The van der Waals surface area contributed by atoms with Gasteiger partial charge in [0.15, 0.2) is 5.54 Å². The molecule has 5 heteroatoms. The zero-order valence-electron chi connectivity index (χ0n) is 16.4. The number of benzene rings is 2. The Hall–Kier alpha value is -2.95. The summed E-state index contributed by atoms with van der Waals surface area (Å²) in [5.74, 6) is -0.802. The SMILES string of the molecule is CCCC(CC)CC(=O)N1C(=O)NC(c2ccccc2)(c2ccccc2)C1=O. The van der Waals surface area contributed by atoms with Gasteiger partial charge in [-0.25, -0.2) is 4.79 Å². The first-order valence-electron chi connectivity index (χ1n) is 9.85. The van der Waals surface area contributed by atoms with Gasteiger partial charge in [0.25, 0.3) is 5.91 Å². The van der Waals surface area contributed by atoms with E-state index >= 15 is 0 Å². The number of hydrogen-bond donors (Lipinski definition) is 1. The Morgan fingerprint density at radius 2 is 1.50 bits per heavy atom. The number of nitrogens with zero attached hydrogens (tertiary/aromatic N) is 1. The standard InChI is InChI=1S/C23H26N2O3/c1-3-11-17(4-2)16-20(26)25-21(27)23(24-22(25)28,18-12-7-5-8-13-18)19-14-9-6-10-15-19/h5-10,12-15,17H,3-4,11,16H2,1-2H3,(H,24,28). The van der Waals surface area contributed by atoms with Crippen LogP contribution in [0.4, 0.5) is 4.79 Å². The number of amides is 4. The average Bonchev–Trinajstić information content (AvgIpc) is 3.00. The molecule has 4 amide bonds. The van der Waals surface area contributed by atoms with Crippen LogP contribution < -0.4 is 5.32 Å². The van der Waals surface area contributed by atoms with Gasteiger partial charge in [0.05, 0.1) is 0 Å². The summed E-state index contributed by atoms with van der Waals surface area (Å²) in [5.41, 5.74) is -0.118. The van der Waals surface area contributed by atoms with Crippen molar-refractivity contribution in [2.75, 3.05) is 0 Å². The van der Waals surface area contributed by atoms with Crippen molar-refractivity contribution in [1.82, 2.24) is 10.2 Å². The van der Waals surface area contributed by atoms with Crippen molar-refractivity contribution in [2.45, 2.75) is 45.1 Å². The van der Waals surface area contributed by atoms with Crippen LogP contribution >= 0.6 is 0 Å². The molecule has 1 saturated heterocycles. The van der Waals surface area contributed by atoms with E-state index in [4.69, 9.17) is 0 Å². The third kappa shape index (κ3) is 3.44. The predicted molar refractivity (Wildman–Crippen MR) is 107 cm³/mol. The lowest BCUT2D eigenvalue weighted by Crippen LogP contribution is -2.45. The molecule has 146 valence electrons. The molecular weight excluding hydrogens is 352 g/mol. The van der Waals surface area contributed by atoms with Crippen LogP contribution in [0.2, 0.25) is 0 Å². The fourth-order valence-corrected chi connectivity index (χ4v) is 3.89. The fourth-order valence-electron chi connectivity index (χ4n) is 3.89. The van der Waals surface area contributed by atoms with E-state index in [1.165, 1.54) is 0 Å². The highest BCUT2D eigenvalue weighted by atomic mass is 16.2. The first-order chi connectivity index (χ1) is 13.5. The van der Waals surface area contributed by atoms with Gasteiger partial charge in [-0.15, -0.1) is 0 Å². The smallest absolute Gasteiger partial charge is 0.315 e. The van der Waals surface area contributed by atoms with Crippen molar-refractivity contribution in [2.24, 2.45) is 5.92 Å². The van der Waals surface area contributed by atoms with Gasteiger partial charge in [-0.1, -0.05) is 93.8 Å². The molecule has 28 heavy (non-hydrogen) atoms. The van der Waals surface area contributed by atoms with E-state index in [1.54, 1.807) is 24.3 Å². The Morgan fingerprint density at radius 3 is 1.96 bits per heavy atom. The first-order valence-corrected chi connectivity index (χ1v) is 9.85. The number of carbonyl (C=O) groups excluding carboxylic acids is 3. The molecule has 1 N–H and O–H groups in total. The van der Waals surface area contributed by atoms with Crippen molar-refractivity contribution in [3.63, 3.8) is 0 Å². The van der Waals surface area contributed by atoms with Crippen LogP contribution in [-0.4, -0.2) is 22.7 Å². The van der Waals surface area contributed by atoms with Crippen LogP contribution in [0.1, 0.15) is 50.7 Å². The summed E-state index contributed by atoms with van der Waals surface area (Å²) in [6, 6.07) is 17.5. The molecule has 0 aromatic heterocycles. The molecule has 1 fully saturated rings. The van der Waals surface area contributed by atoms with Gasteiger partial charge >= 0.3 is 6.03 Å². The van der Waals surface area contributed by atoms with E-state index < -0.39 is 23.4 Å². The van der Waals surface area contributed by atoms with Gasteiger partial charge in [0.1, 0.15) is 0 Å². The van der Waals surface area contributed by atoms with E-state index in [-0.39, 0.29) is 12.3 Å². The van der Waals surface area contributed by atoms with Crippen LogP contribution in [0.25, 0.3) is 0 Å². The number of urea groups is 1. The summed E-state index contributed by atoms with van der Waals surface area (Å²) in [7, 11) is 0. The molecule has 0 spiro atoms. The lowest BCUT2D eigenvalue weighted by molar-refractivity contribution is -0.141. The monoisotopic (exact) mass is 378 g/mol. The van der Waals surface area contributed by atoms with Gasteiger partial charge in [0.2, 0.25) is 5.91 Å². The van der Waals surface area contributed by atoms with Gasteiger partial charge in [0, 0.05) is 6.42 Å². The van der Waals surface area contributed by atoms with E-state index in [1.807, 2.05) is 43.3 Å². The largest absolute Gasteiger partial charge is 0.332 e. The van der Waals surface area contributed by atoms with Crippen molar-refractivity contribution in [3.05, 3.63) is 71.8 Å². The minimum Gasteiger partial charge on any atom is -0.315 e. The van der Waals surface area contributed by atoms with Crippen molar-refractivity contribution in [1.29, 1.82) is 0 Å². The number of rotatable bonds is 7. The molecular formula is C23H26N2O3. The topological polar surface area (TPSA) is 66.5 Å². The van der Waals surface area contributed by atoms with Crippen molar-refractivity contribution >= 4 is 17.8 Å². The van der Waals surface area contributed by atoms with Crippen LogP contribution in [-0.2, 0) is 15.1 Å². The Morgan fingerprint density at radius 1 is 0.964 bits per heavy atom. The van der Waals surface area contributed by atoms with Gasteiger partial charge in [-0.2, -0.15) is 4.90 Å². The molecule has 1 aliphatic heterocycles. The number of hydrogen-bond acceptors (Lipinski definition) is 3. The summed E-state index contributed by atoms with van der Waals surface area (Å²) in [6.07, 6.45) is 2.90. The molecule has 3 rings (SSSR count). The molecule has 1 heterocycles. The van der Waals surface area contributed by atoms with Crippen molar-refractivity contribution < 1.29 is 14.4 Å². The second-order valence-electron chi connectivity index (χ2n) is 7.21. The highest BCUT2D eigenvalue weighted by molar-refractivity contribution is 6.19. The Kier molecular flexibility index (Phi) is 5.93. The Labute approximate surface area is 165 Å². The lowest BCUT2D eigenvalue weighted by atomic mass is 9.82. The summed E-state index contributed by atoms with van der Waals surface area (Å²) in [4.78, 5) is 40.0. The maximum absolute atomic E-state index is 13.5. The second-order valence-corrected chi connectivity index (χ2v) is 7.21. The maximum atomic E-state index is 13.5. The third-order valence-electron chi connectivity index (χ3n) is 5.42. The molecule has 0 radical (unpaired) electrons. The van der Waals surface area contributed by atoms with Crippen LogP contribution in [0.3, 0.4) is 0 Å². The number of carbonyl (C=O) groups is 3. The number of nitrogens with one attached hydrogen (secondary N) is 1. The van der Waals surface area contributed by atoms with E-state index in [9.17, 15) is 14.4 Å². The van der Waals surface area contributed by atoms with Gasteiger partial charge in [-0.05, 0) is 17.0 Å². The predicted octanol–water partition coefficient (Wildman–Crippen LogP) is 4.23. The molecule has 1 unspecified atom stereocenters. The molecule has 1 atom stereocenters. The second kappa shape index (κ2) is 8.38. The maximum Gasteiger partial charge on any atom is 0.332 e. The van der Waals surface area contributed by atoms with Crippen LogP contribution in [0.5, 0.6) is 0 Å². The lowest BCUT2D eigenvalue weighted by Gasteiger charge is -2.27. The number of imide groups is 3. The Bertz CT molecular complexity index is 809. The molecule has 5 nitrogen and oxygen atoms in total. The van der Waals surface area contributed by atoms with Gasteiger partial charge in [-0.3, -0.25) is 9.59 Å². The molecule has 0 aliphatic carbocycles. The minimum absolute atomic E-state index is 0.168. The summed E-state index contributed by atoms with van der Waals surface area (Å²) >= 11 is 0. The highest BCUT2D eigenvalue weighted by Gasteiger charge is 2.55. The van der Waals surface area contributed by atoms with Gasteiger partial charge < -0.3 is 5.32 Å². The summed E-state index contributed by atoms with van der Waals surface area (Å²) in [5, 5.41) is 2.82. The zero-order valence-corrected chi connectivity index (χ0v) is 16.4. The van der Waals surface area contributed by atoms with E-state index in [0.717, 1.165) is 24.2 Å². The van der Waals surface area contributed by atoms with Crippen LogP contribution in [0, 0.1) is 5.92 Å². The van der Waals surface area contributed by atoms with Crippen LogP contribution in [0.15, 0.2) is 60.7 Å². The zero-order chi connectivity index (χ0) is 20.1. The molecule has 2 aromatic rings. The van der Waals surface area contributed by atoms with Crippen molar-refractivity contribution in [3.8, 4) is 0 Å². The third-order valence-corrected chi connectivity index (χ3v) is 5.42. The van der Waals surface area contributed by atoms with E-state index in [0.29, 0.717) is 11.1 Å². The quantitative estimate of drug-likeness (QED) is 0.734. The summed E-state index contributed by atoms with van der Waals surface area (Å²) in [6.45, 7) is 4.09. The van der Waals surface area contributed by atoms with E-state index in [2.05, 4.69) is 12.2 Å². The fraction of sp³-hybridized carbons (Fsp3) is 0.348. The molecule has 2 aromatic carbocycles.